The van der Waals surface area contributed by atoms with Crippen molar-refractivity contribution in [2.24, 2.45) is 0 Å². The van der Waals surface area contributed by atoms with Gasteiger partial charge >= 0.3 is 0 Å². The number of hydrogen-bond acceptors (Lipinski definition) is 4. The third-order valence-electron chi connectivity index (χ3n) is 3.60. The van der Waals surface area contributed by atoms with Gasteiger partial charge < -0.3 is 20.5 Å². The molecule has 1 heterocycles. The lowest BCUT2D eigenvalue weighted by Crippen LogP contribution is -2.49. The van der Waals surface area contributed by atoms with Crippen molar-refractivity contribution in [2.45, 2.75) is 50.7 Å². The van der Waals surface area contributed by atoms with E-state index in [0.29, 0.717) is 0 Å². The second-order valence-electron chi connectivity index (χ2n) is 5.21. The summed E-state index contributed by atoms with van der Waals surface area (Å²) in [5.74, 6) is 0. The Morgan fingerprint density at radius 2 is 2.18 bits per heavy atom. The van der Waals surface area contributed by atoms with Crippen LogP contribution in [0.4, 0.5) is 0 Å². The Hall–Kier alpha value is -0.160. The van der Waals surface area contributed by atoms with Gasteiger partial charge in [-0.05, 0) is 39.3 Å². The first-order valence-electron chi connectivity index (χ1n) is 6.82. The number of rotatable bonds is 7. The zero-order chi connectivity index (χ0) is 12.6. The Bertz CT molecular complexity index is 190. The van der Waals surface area contributed by atoms with Crippen molar-refractivity contribution >= 4 is 0 Å². The molecule has 0 aromatic rings. The monoisotopic (exact) mass is 244 g/mol. The highest BCUT2D eigenvalue weighted by atomic mass is 16.5. The molecule has 0 aromatic heterocycles. The highest BCUT2D eigenvalue weighted by molar-refractivity contribution is 4.89. The summed E-state index contributed by atoms with van der Waals surface area (Å²) >= 11 is 0. The van der Waals surface area contributed by atoms with Gasteiger partial charge in [0.15, 0.2) is 0 Å². The fourth-order valence-electron chi connectivity index (χ4n) is 2.37. The van der Waals surface area contributed by atoms with Crippen LogP contribution in [0.25, 0.3) is 0 Å². The molecule has 2 atom stereocenters. The molecule has 17 heavy (non-hydrogen) atoms. The molecule has 0 aliphatic carbocycles. The zero-order valence-corrected chi connectivity index (χ0v) is 11.3. The van der Waals surface area contributed by atoms with E-state index < -0.39 is 5.60 Å². The quantitative estimate of drug-likeness (QED) is 0.582. The molecule has 1 fully saturated rings. The SMILES string of the molecule is COCCNCCC(C)(O)C1CCCCCN1. The van der Waals surface area contributed by atoms with E-state index in [1.165, 1.54) is 19.3 Å². The van der Waals surface area contributed by atoms with Crippen molar-refractivity contribution < 1.29 is 9.84 Å². The molecule has 0 bridgehead atoms. The second-order valence-corrected chi connectivity index (χ2v) is 5.21. The fourth-order valence-corrected chi connectivity index (χ4v) is 2.37. The summed E-state index contributed by atoms with van der Waals surface area (Å²) in [6, 6.07) is 0.245. The van der Waals surface area contributed by atoms with Gasteiger partial charge in [-0.2, -0.15) is 0 Å². The average Bonchev–Trinajstić information content (AvgIpc) is 2.57. The van der Waals surface area contributed by atoms with E-state index >= 15 is 0 Å². The Kier molecular flexibility index (Phi) is 7.04. The van der Waals surface area contributed by atoms with Gasteiger partial charge in [-0.3, -0.25) is 0 Å². The first-order chi connectivity index (χ1) is 8.17. The Labute approximate surface area is 105 Å². The maximum absolute atomic E-state index is 10.5. The summed E-state index contributed by atoms with van der Waals surface area (Å²) in [5.41, 5.74) is -0.607. The summed E-state index contributed by atoms with van der Waals surface area (Å²) in [4.78, 5) is 0. The van der Waals surface area contributed by atoms with Crippen LogP contribution in [-0.4, -0.2) is 50.1 Å². The molecule has 102 valence electrons. The number of methoxy groups -OCH3 is 1. The molecule has 3 N–H and O–H groups in total. The van der Waals surface area contributed by atoms with Crippen LogP contribution in [0.15, 0.2) is 0 Å². The molecule has 1 aliphatic rings. The van der Waals surface area contributed by atoms with Gasteiger partial charge in [0.1, 0.15) is 0 Å². The van der Waals surface area contributed by atoms with Crippen molar-refractivity contribution in [2.75, 3.05) is 33.4 Å². The predicted molar refractivity (Wildman–Crippen MR) is 70.2 cm³/mol. The van der Waals surface area contributed by atoms with E-state index in [1.807, 2.05) is 6.92 Å². The zero-order valence-electron chi connectivity index (χ0n) is 11.3. The van der Waals surface area contributed by atoms with E-state index in [1.54, 1.807) is 7.11 Å². The molecule has 0 saturated carbocycles. The molecule has 1 rings (SSSR count). The van der Waals surface area contributed by atoms with Crippen LogP contribution in [-0.2, 0) is 4.74 Å². The summed E-state index contributed by atoms with van der Waals surface area (Å²) in [7, 11) is 1.70. The number of hydrogen-bond donors (Lipinski definition) is 3. The van der Waals surface area contributed by atoms with Crippen molar-refractivity contribution in [3.8, 4) is 0 Å². The fraction of sp³-hybridized carbons (Fsp3) is 1.00. The largest absolute Gasteiger partial charge is 0.389 e. The van der Waals surface area contributed by atoms with Gasteiger partial charge in [0.2, 0.25) is 0 Å². The van der Waals surface area contributed by atoms with E-state index in [-0.39, 0.29) is 6.04 Å². The first kappa shape index (κ1) is 14.9. The lowest BCUT2D eigenvalue weighted by Gasteiger charge is -2.33. The van der Waals surface area contributed by atoms with Gasteiger partial charge in [0, 0.05) is 19.7 Å². The van der Waals surface area contributed by atoms with Crippen molar-refractivity contribution in [1.29, 1.82) is 0 Å². The normalized spacial score (nSPS) is 25.2. The van der Waals surface area contributed by atoms with Crippen molar-refractivity contribution in [1.82, 2.24) is 10.6 Å². The molecule has 0 radical (unpaired) electrons. The van der Waals surface area contributed by atoms with Gasteiger partial charge in [-0.1, -0.05) is 12.8 Å². The van der Waals surface area contributed by atoms with Crippen molar-refractivity contribution in [3.63, 3.8) is 0 Å². The lowest BCUT2D eigenvalue weighted by atomic mass is 9.89. The standard InChI is InChI=1S/C13H28N2O2/c1-13(16,7-9-14-10-11-17-2)12-6-4-3-5-8-15-12/h12,14-16H,3-11H2,1-2H3. The minimum Gasteiger partial charge on any atom is -0.389 e. The molecule has 1 aliphatic heterocycles. The Balaban J connectivity index is 2.22. The van der Waals surface area contributed by atoms with Gasteiger partial charge in [0.05, 0.1) is 12.2 Å². The van der Waals surface area contributed by atoms with Gasteiger partial charge in [-0.25, -0.2) is 0 Å². The molecule has 1 saturated heterocycles. The number of ether oxygens (including phenoxy) is 1. The predicted octanol–water partition coefficient (Wildman–Crippen LogP) is 0.896. The highest BCUT2D eigenvalue weighted by Gasteiger charge is 2.31. The second kappa shape index (κ2) is 8.03. The molecule has 2 unspecified atom stereocenters. The highest BCUT2D eigenvalue weighted by Crippen LogP contribution is 2.21. The summed E-state index contributed by atoms with van der Waals surface area (Å²) < 4.78 is 4.97. The lowest BCUT2D eigenvalue weighted by molar-refractivity contribution is 0.00998. The smallest absolute Gasteiger partial charge is 0.0784 e. The first-order valence-corrected chi connectivity index (χ1v) is 6.82. The van der Waals surface area contributed by atoms with E-state index in [0.717, 1.165) is 39.1 Å². The van der Waals surface area contributed by atoms with E-state index in [2.05, 4.69) is 10.6 Å². The molecule has 0 spiro atoms. The molecular formula is C13H28N2O2. The number of aliphatic hydroxyl groups is 1. The van der Waals surface area contributed by atoms with Crippen LogP contribution in [0.1, 0.15) is 39.0 Å². The topological polar surface area (TPSA) is 53.5 Å². The molecule has 0 amide bonds. The van der Waals surface area contributed by atoms with Crippen LogP contribution in [0.2, 0.25) is 0 Å². The maximum atomic E-state index is 10.5. The third kappa shape index (κ3) is 5.82. The summed E-state index contributed by atoms with van der Waals surface area (Å²) in [5, 5.41) is 17.2. The van der Waals surface area contributed by atoms with Gasteiger partial charge in [0.25, 0.3) is 0 Å². The van der Waals surface area contributed by atoms with E-state index in [9.17, 15) is 5.11 Å². The molecule has 4 nitrogen and oxygen atoms in total. The summed E-state index contributed by atoms with van der Waals surface area (Å²) in [6.07, 6.45) is 5.62. The number of nitrogens with one attached hydrogen (secondary N) is 2. The van der Waals surface area contributed by atoms with Crippen molar-refractivity contribution in [3.05, 3.63) is 0 Å². The van der Waals surface area contributed by atoms with E-state index in [4.69, 9.17) is 4.74 Å². The van der Waals surface area contributed by atoms with Crippen LogP contribution < -0.4 is 10.6 Å². The van der Waals surface area contributed by atoms with Crippen LogP contribution in [0.5, 0.6) is 0 Å². The third-order valence-corrected chi connectivity index (χ3v) is 3.60. The average molecular weight is 244 g/mol. The molecular weight excluding hydrogens is 216 g/mol. The van der Waals surface area contributed by atoms with Crippen LogP contribution in [0.3, 0.4) is 0 Å². The van der Waals surface area contributed by atoms with Gasteiger partial charge in [-0.15, -0.1) is 0 Å². The maximum Gasteiger partial charge on any atom is 0.0784 e. The minimum absolute atomic E-state index is 0.245. The minimum atomic E-state index is -0.607. The Morgan fingerprint density at radius 3 is 2.94 bits per heavy atom. The molecule has 0 aromatic carbocycles. The Morgan fingerprint density at radius 1 is 1.35 bits per heavy atom. The van der Waals surface area contributed by atoms with Crippen LogP contribution in [0, 0.1) is 0 Å². The molecule has 4 heteroatoms. The van der Waals surface area contributed by atoms with Crippen LogP contribution >= 0.6 is 0 Å². The summed E-state index contributed by atoms with van der Waals surface area (Å²) in [6.45, 7) is 5.41.